The summed E-state index contributed by atoms with van der Waals surface area (Å²) in [6, 6.07) is 7.51. The Hall–Kier alpha value is -2.04. The molecule has 0 aliphatic heterocycles. The Bertz CT molecular complexity index is 469. The number of carbonyl (C=O) groups excluding carboxylic acids is 2. The lowest BCUT2D eigenvalue weighted by molar-refractivity contribution is -0.133. The molecule has 5 heteroatoms. The van der Waals surface area contributed by atoms with Gasteiger partial charge in [-0.15, -0.1) is 0 Å². The summed E-state index contributed by atoms with van der Waals surface area (Å²) in [6.07, 6.45) is 1.87. The zero-order valence-electron chi connectivity index (χ0n) is 13.3. The predicted octanol–water partition coefficient (Wildman–Crippen LogP) is 2.34. The van der Waals surface area contributed by atoms with Gasteiger partial charge in [0.15, 0.2) is 0 Å². The smallest absolute Gasteiger partial charge is 0.233 e. The number of hydrogen-bond acceptors (Lipinski definition) is 3. The quantitative estimate of drug-likeness (QED) is 0.785. The summed E-state index contributed by atoms with van der Waals surface area (Å²) in [5.41, 5.74) is 1.76. The molecule has 0 atom stereocenters. The number of carbonyl (C=O) groups is 2. The minimum absolute atomic E-state index is 0.115. The third-order valence-electron chi connectivity index (χ3n) is 3.25. The highest BCUT2D eigenvalue weighted by Gasteiger charge is 2.13. The number of hydrogen-bond donors (Lipinski definition) is 1. The highest BCUT2D eigenvalue weighted by atomic mass is 16.2. The summed E-state index contributed by atoms with van der Waals surface area (Å²) in [5.74, 6) is -0.424. The van der Waals surface area contributed by atoms with Gasteiger partial charge in [0.1, 0.15) is 6.42 Å². The molecule has 0 spiro atoms. The summed E-state index contributed by atoms with van der Waals surface area (Å²) in [7, 11) is 5.65. The van der Waals surface area contributed by atoms with Gasteiger partial charge in [-0.25, -0.2) is 0 Å². The summed E-state index contributed by atoms with van der Waals surface area (Å²) < 4.78 is 0. The second-order valence-corrected chi connectivity index (χ2v) is 5.34. The van der Waals surface area contributed by atoms with Crippen molar-refractivity contribution < 1.29 is 9.59 Å². The molecule has 0 fully saturated rings. The van der Waals surface area contributed by atoms with Crippen molar-refractivity contribution in [2.75, 3.05) is 37.9 Å². The summed E-state index contributed by atoms with van der Waals surface area (Å²) in [6.45, 7) is 2.77. The van der Waals surface area contributed by atoms with Crippen molar-refractivity contribution in [3.8, 4) is 0 Å². The molecule has 0 bridgehead atoms. The minimum Gasteiger partial charge on any atom is -0.378 e. The molecule has 0 heterocycles. The third-order valence-corrected chi connectivity index (χ3v) is 3.25. The average molecular weight is 291 g/mol. The first-order chi connectivity index (χ1) is 9.93. The zero-order valence-corrected chi connectivity index (χ0v) is 13.3. The van der Waals surface area contributed by atoms with Crippen LogP contribution < -0.4 is 10.2 Å². The second kappa shape index (κ2) is 8.29. The van der Waals surface area contributed by atoms with Gasteiger partial charge >= 0.3 is 0 Å². The van der Waals surface area contributed by atoms with Gasteiger partial charge in [-0.05, 0) is 30.7 Å². The molecule has 0 radical (unpaired) electrons. The van der Waals surface area contributed by atoms with E-state index >= 15 is 0 Å². The molecule has 116 valence electrons. The molecule has 0 saturated carbocycles. The predicted molar refractivity (Wildman–Crippen MR) is 86.6 cm³/mol. The largest absolute Gasteiger partial charge is 0.378 e. The topological polar surface area (TPSA) is 52.7 Å². The molecule has 1 aromatic carbocycles. The molecule has 2 amide bonds. The van der Waals surface area contributed by atoms with E-state index in [0.29, 0.717) is 12.2 Å². The maximum absolute atomic E-state index is 11.9. The summed E-state index contributed by atoms with van der Waals surface area (Å²) >= 11 is 0. The van der Waals surface area contributed by atoms with Crippen molar-refractivity contribution >= 4 is 23.2 Å². The van der Waals surface area contributed by atoms with E-state index < -0.39 is 0 Å². The lowest BCUT2D eigenvalue weighted by Gasteiger charge is -2.16. The molecular weight excluding hydrogens is 266 g/mol. The molecule has 1 aromatic rings. The summed E-state index contributed by atoms with van der Waals surface area (Å²) in [5, 5.41) is 2.74. The van der Waals surface area contributed by atoms with Gasteiger partial charge in [0.25, 0.3) is 0 Å². The van der Waals surface area contributed by atoms with E-state index in [1.807, 2.05) is 43.3 Å². The number of amides is 2. The number of nitrogens with zero attached hydrogens (tertiary/aromatic N) is 2. The normalized spacial score (nSPS) is 10.1. The van der Waals surface area contributed by atoms with Crippen molar-refractivity contribution in [1.82, 2.24) is 4.90 Å². The maximum Gasteiger partial charge on any atom is 0.233 e. The molecule has 5 nitrogen and oxygen atoms in total. The van der Waals surface area contributed by atoms with Crippen LogP contribution in [-0.2, 0) is 9.59 Å². The molecular formula is C16H25N3O2. The minimum atomic E-state index is -0.277. The molecule has 0 saturated heterocycles. The molecule has 0 aliphatic rings. The second-order valence-electron chi connectivity index (χ2n) is 5.34. The van der Waals surface area contributed by atoms with E-state index in [1.54, 1.807) is 11.9 Å². The van der Waals surface area contributed by atoms with E-state index in [2.05, 4.69) is 12.2 Å². The Morgan fingerprint density at radius 1 is 1.10 bits per heavy atom. The van der Waals surface area contributed by atoms with Crippen LogP contribution in [0.15, 0.2) is 24.3 Å². The van der Waals surface area contributed by atoms with Crippen molar-refractivity contribution in [3.05, 3.63) is 24.3 Å². The van der Waals surface area contributed by atoms with Gasteiger partial charge in [0.2, 0.25) is 11.8 Å². The molecule has 1 N–H and O–H groups in total. The van der Waals surface area contributed by atoms with Gasteiger partial charge in [0.05, 0.1) is 0 Å². The van der Waals surface area contributed by atoms with Gasteiger partial charge in [-0.2, -0.15) is 0 Å². The van der Waals surface area contributed by atoms with Crippen LogP contribution in [0, 0.1) is 0 Å². The van der Waals surface area contributed by atoms with Gasteiger partial charge in [-0.3, -0.25) is 9.59 Å². The molecule has 1 rings (SSSR count). The fourth-order valence-corrected chi connectivity index (χ4v) is 1.84. The van der Waals surface area contributed by atoms with Crippen molar-refractivity contribution in [2.45, 2.75) is 26.2 Å². The Balaban J connectivity index is 2.47. The molecule has 0 aromatic heterocycles. The van der Waals surface area contributed by atoms with E-state index in [4.69, 9.17) is 0 Å². The van der Waals surface area contributed by atoms with Crippen molar-refractivity contribution in [2.24, 2.45) is 0 Å². The van der Waals surface area contributed by atoms with Crippen LogP contribution in [0.4, 0.5) is 11.4 Å². The lowest BCUT2D eigenvalue weighted by Crippen LogP contribution is -2.31. The van der Waals surface area contributed by atoms with Crippen LogP contribution >= 0.6 is 0 Å². The number of rotatable bonds is 7. The first-order valence-corrected chi connectivity index (χ1v) is 7.25. The van der Waals surface area contributed by atoms with Gasteiger partial charge in [0, 0.05) is 39.1 Å². The number of nitrogens with one attached hydrogen (secondary N) is 1. The van der Waals surface area contributed by atoms with Crippen LogP contribution in [0.1, 0.15) is 26.2 Å². The van der Waals surface area contributed by atoms with Gasteiger partial charge in [-0.1, -0.05) is 13.3 Å². The average Bonchev–Trinajstić information content (AvgIpc) is 2.45. The monoisotopic (exact) mass is 291 g/mol. The number of anilines is 2. The van der Waals surface area contributed by atoms with E-state index in [9.17, 15) is 9.59 Å². The SMILES string of the molecule is CCCCN(C)C(=O)CC(=O)Nc1ccc(N(C)C)cc1. The standard InChI is InChI=1S/C16H25N3O2/c1-5-6-11-19(4)16(21)12-15(20)17-13-7-9-14(10-8-13)18(2)3/h7-10H,5-6,11-12H2,1-4H3,(H,17,20). The van der Waals surface area contributed by atoms with Crippen LogP contribution in [0.3, 0.4) is 0 Å². The van der Waals surface area contributed by atoms with E-state index in [-0.39, 0.29) is 18.2 Å². The van der Waals surface area contributed by atoms with Crippen molar-refractivity contribution in [3.63, 3.8) is 0 Å². The first-order valence-electron chi connectivity index (χ1n) is 7.25. The van der Waals surface area contributed by atoms with Crippen LogP contribution in [0.5, 0.6) is 0 Å². The number of unbranched alkanes of at least 4 members (excludes halogenated alkanes) is 1. The summed E-state index contributed by atoms with van der Waals surface area (Å²) in [4.78, 5) is 27.3. The Morgan fingerprint density at radius 2 is 1.71 bits per heavy atom. The van der Waals surface area contributed by atoms with Crippen LogP contribution in [0.2, 0.25) is 0 Å². The zero-order chi connectivity index (χ0) is 15.8. The Morgan fingerprint density at radius 3 is 2.24 bits per heavy atom. The molecule has 0 aliphatic carbocycles. The Labute approximate surface area is 126 Å². The van der Waals surface area contributed by atoms with Crippen LogP contribution in [-0.4, -0.2) is 44.4 Å². The fourth-order valence-electron chi connectivity index (χ4n) is 1.84. The molecule has 21 heavy (non-hydrogen) atoms. The lowest BCUT2D eigenvalue weighted by atomic mass is 10.2. The highest BCUT2D eigenvalue weighted by molar-refractivity contribution is 6.03. The Kier molecular flexibility index (Phi) is 6.72. The van der Waals surface area contributed by atoms with Gasteiger partial charge < -0.3 is 15.1 Å². The fraction of sp³-hybridized carbons (Fsp3) is 0.500. The highest BCUT2D eigenvalue weighted by Crippen LogP contribution is 2.15. The third kappa shape index (κ3) is 5.85. The first kappa shape index (κ1) is 17.0. The van der Waals surface area contributed by atoms with Crippen molar-refractivity contribution in [1.29, 1.82) is 0 Å². The van der Waals surface area contributed by atoms with E-state index in [1.165, 1.54) is 0 Å². The number of benzene rings is 1. The molecule has 0 unspecified atom stereocenters. The van der Waals surface area contributed by atoms with Crippen LogP contribution in [0.25, 0.3) is 0 Å². The maximum atomic E-state index is 11.9. The van der Waals surface area contributed by atoms with E-state index in [0.717, 1.165) is 18.5 Å².